The first-order valence-electron chi connectivity index (χ1n) is 8.79. The third-order valence-corrected chi connectivity index (χ3v) is 4.22. The Morgan fingerprint density at radius 3 is 2.30 bits per heavy atom. The summed E-state index contributed by atoms with van der Waals surface area (Å²) < 4.78 is 7.44. The van der Waals surface area contributed by atoms with Gasteiger partial charge in [0.25, 0.3) is 0 Å². The van der Waals surface area contributed by atoms with Crippen molar-refractivity contribution >= 4 is 5.91 Å². The van der Waals surface area contributed by atoms with E-state index in [9.17, 15) is 9.59 Å². The second-order valence-corrected chi connectivity index (χ2v) is 6.32. The highest BCUT2D eigenvalue weighted by atomic mass is 16.5. The lowest BCUT2D eigenvalue weighted by molar-refractivity contribution is -0.120. The highest BCUT2D eigenvalue weighted by Gasteiger charge is 2.08. The Kier molecular flexibility index (Phi) is 6.05. The number of ether oxygens (including phenoxy) is 1. The molecule has 0 aliphatic heterocycles. The maximum absolute atomic E-state index is 12.3. The SMILES string of the molecule is Cn1cc(OCc2ccccc2)c(=O)cc1CNC(=O)Cc1ccccc1. The predicted molar refractivity (Wildman–Crippen MR) is 104 cm³/mol. The number of aryl methyl sites for hydroxylation is 1. The number of pyridine rings is 1. The lowest BCUT2D eigenvalue weighted by atomic mass is 10.1. The van der Waals surface area contributed by atoms with Crippen molar-refractivity contribution < 1.29 is 9.53 Å². The van der Waals surface area contributed by atoms with E-state index >= 15 is 0 Å². The summed E-state index contributed by atoms with van der Waals surface area (Å²) in [6.45, 7) is 0.625. The van der Waals surface area contributed by atoms with E-state index in [2.05, 4.69) is 5.32 Å². The van der Waals surface area contributed by atoms with E-state index in [1.54, 1.807) is 10.8 Å². The van der Waals surface area contributed by atoms with Gasteiger partial charge >= 0.3 is 0 Å². The van der Waals surface area contributed by atoms with Gasteiger partial charge in [-0.2, -0.15) is 0 Å². The molecule has 0 atom stereocenters. The molecule has 1 aromatic heterocycles. The minimum atomic E-state index is -0.198. The largest absolute Gasteiger partial charge is 0.483 e. The van der Waals surface area contributed by atoms with E-state index in [1.807, 2.05) is 67.7 Å². The van der Waals surface area contributed by atoms with Crippen LogP contribution in [0.1, 0.15) is 16.8 Å². The Morgan fingerprint density at radius 2 is 1.63 bits per heavy atom. The van der Waals surface area contributed by atoms with Crippen LogP contribution in [0.3, 0.4) is 0 Å². The Hall–Kier alpha value is -3.34. The first-order chi connectivity index (χ1) is 13.1. The first-order valence-corrected chi connectivity index (χ1v) is 8.79. The van der Waals surface area contributed by atoms with E-state index in [4.69, 9.17) is 4.74 Å². The number of nitrogens with zero attached hydrogens (tertiary/aromatic N) is 1. The smallest absolute Gasteiger partial charge is 0.224 e. The quantitative estimate of drug-likeness (QED) is 0.703. The Labute approximate surface area is 158 Å². The molecule has 0 radical (unpaired) electrons. The maximum atomic E-state index is 12.3. The molecule has 5 heteroatoms. The van der Waals surface area contributed by atoms with Gasteiger partial charge < -0.3 is 14.6 Å². The molecule has 1 N–H and O–H groups in total. The number of carbonyl (C=O) groups excluding carboxylic acids is 1. The van der Waals surface area contributed by atoms with Gasteiger partial charge in [-0.3, -0.25) is 9.59 Å². The van der Waals surface area contributed by atoms with Crippen LogP contribution in [0.2, 0.25) is 0 Å². The molecule has 0 fully saturated rings. The second-order valence-electron chi connectivity index (χ2n) is 6.32. The van der Waals surface area contributed by atoms with Crippen LogP contribution < -0.4 is 15.5 Å². The van der Waals surface area contributed by atoms with Gasteiger partial charge in [-0.05, 0) is 11.1 Å². The van der Waals surface area contributed by atoms with Gasteiger partial charge in [0.05, 0.1) is 19.2 Å². The lowest BCUT2D eigenvalue weighted by Gasteiger charge is -2.13. The molecule has 0 aliphatic rings. The molecule has 3 rings (SSSR count). The lowest BCUT2D eigenvalue weighted by Crippen LogP contribution is -2.27. The van der Waals surface area contributed by atoms with Crippen molar-refractivity contribution in [3.05, 3.63) is 100.0 Å². The summed E-state index contributed by atoms with van der Waals surface area (Å²) in [6.07, 6.45) is 1.97. The van der Waals surface area contributed by atoms with Crippen LogP contribution in [0.5, 0.6) is 5.75 Å². The van der Waals surface area contributed by atoms with Crippen molar-refractivity contribution in [1.29, 1.82) is 0 Å². The average Bonchev–Trinajstić information content (AvgIpc) is 2.69. The highest BCUT2D eigenvalue weighted by Crippen LogP contribution is 2.09. The third kappa shape index (κ3) is 5.31. The number of carbonyl (C=O) groups is 1. The molecule has 5 nitrogen and oxygen atoms in total. The zero-order chi connectivity index (χ0) is 19.1. The second kappa shape index (κ2) is 8.85. The number of rotatable bonds is 7. The van der Waals surface area contributed by atoms with Gasteiger partial charge in [-0.25, -0.2) is 0 Å². The van der Waals surface area contributed by atoms with E-state index < -0.39 is 0 Å². The Balaban J connectivity index is 1.59. The molecule has 2 aromatic carbocycles. The number of nitrogens with one attached hydrogen (secondary N) is 1. The molecule has 138 valence electrons. The summed E-state index contributed by atoms with van der Waals surface area (Å²) in [7, 11) is 1.83. The minimum absolute atomic E-state index is 0.0851. The van der Waals surface area contributed by atoms with E-state index in [-0.39, 0.29) is 17.9 Å². The summed E-state index contributed by atoms with van der Waals surface area (Å²) in [5.74, 6) is 0.207. The molecular weight excluding hydrogens is 340 g/mol. The van der Waals surface area contributed by atoms with E-state index in [0.29, 0.717) is 24.5 Å². The summed E-state index contributed by atoms with van der Waals surface area (Å²) in [5, 5.41) is 2.85. The summed E-state index contributed by atoms with van der Waals surface area (Å²) >= 11 is 0. The highest BCUT2D eigenvalue weighted by molar-refractivity contribution is 5.78. The van der Waals surface area contributed by atoms with Gasteiger partial charge in [0.15, 0.2) is 5.75 Å². The van der Waals surface area contributed by atoms with Crippen LogP contribution >= 0.6 is 0 Å². The van der Waals surface area contributed by atoms with Gasteiger partial charge in [0.1, 0.15) is 6.61 Å². The number of hydrogen-bond acceptors (Lipinski definition) is 3. The van der Waals surface area contributed by atoms with Gasteiger partial charge in [-0.15, -0.1) is 0 Å². The fraction of sp³-hybridized carbons (Fsp3) is 0.182. The van der Waals surface area contributed by atoms with Crippen LogP contribution in [0.4, 0.5) is 0 Å². The topological polar surface area (TPSA) is 60.3 Å². The van der Waals surface area contributed by atoms with E-state index in [1.165, 1.54) is 6.07 Å². The zero-order valence-corrected chi connectivity index (χ0v) is 15.2. The van der Waals surface area contributed by atoms with Crippen molar-refractivity contribution in [2.75, 3.05) is 0 Å². The number of amides is 1. The number of aromatic nitrogens is 1. The Bertz CT molecular complexity index is 950. The van der Waals surface area contributed by atoms with Crippen LogP contribution in [0.25, 0.3) is 0 Å². The summed E-state index contributed by atoms with van der Waals surface area (Å²) in [4.78, 5) is 24.4. The Morgan fingerprint density at radius 1 is 1.00 bits per heavy atom. The summed E-state index contributed by atoms with van der Waals surface area (Å²) in [6, 6.07) is 20.7. The standard InChI is InChI=1S/C22H22N2O3/c1-24-15-21(27-16-18-10-6-3-7-11-18)20(25)13-19(24)14-23-22(26)12-17-8-4-2-5-9-17/h2-11,13,15H,12,14,16H2,1H3,(H,23,26). The van der Waals surface area contributed by atoms with Crippen LogP contribution in [0, 0.1) is 0 Å². The van der Waals surface area contributed by atoms with Crippen molar-refractivity contribution in [2.24, 2.45) is 7.05 Å². The molecule has 1 amide bonds. The van der Waals surface area contributed by atoms with Crippen molar-refractivity contribution in [3.8, 4) is 5.75 Å². The number of benzene rings is 2. The van der Waals surface area contributed by atoms with Crippen LogP contribution in [-0.4, -0.2) is 10.5 Å². The first kappa shape index (κ1) is 18.5. The van der Waals surface area contributed by atoms with Crippen LogP contribution in [0.15, 0.2) is 77.7 Å². The molecule has 27 heavy (non-hydrogen) atoms. The molecule has 0 spiro atoms. The molecule has 0 bridgehead atoms. The predicted octanol–water partition coefficient (Wildman–Crippen LogP) is 2.82. The zero-order valence-electron chi connectivity index (χ0n) is 15.2. The van der Waals surface area contributed by atoms with Gasteiger partial charge in [-0.1, -0.05) is 60.7 Å². The molecule has 3 aromatic rings. The third-order valence-electron chi connectivity index (χ3n) is 4.22. The fourth-order valence-corrected chi connectivity index (χ4v) is 2.70. The van der Waals surface area contributed by atoms with Gasteiger partial charge in [0, 0.05) is 18.8 Å². The van der Waals surface area contributed by atoms with E-state index in [0.717, 1.165) is 11.1 Å². The van der Waals surface area contributed by atoms with Crippen molar-refractivity contribution in [1.82, 2.24) is 9.88 Å². The number of hydrogen-bond donors (Lipinski definition) is 1. The van der Waals surface area contributed by atoms with Crippen LogP contribution in [-0.2, 0) is 31.4 Å². The van der Waals surface area contributed by atoms with Crippen molar-refractivity contribution in [2.45, 2.75) is 19.6 Å². The average molecular weight is 362 g/mol. The maximum Gasteiger partial charge on any atom is 0.224 e. The fourth-order valence-electron chi connectivity index (χ4n) is 2.70. The molecular formula is C22H22N2O3. The van der Waals surface area contributed by atoms with Gasteiger partial charge in [0.2, 0.25) is 11.3 Å². The molecule has 0 saturated carbocycles. The normalized spacial score (nSPS) is 10.4. The monoisotopic (exact) mass is 362 g/mol. The summed E-state index contributed by atoms with van der Waals surface area (Å²) in [5.41, 5.74) is 2.47. The molecule has 0 unspecified atom stereocenters. The molecule has 1 heterocycles. The molecule has 0 aliphatic carbocycles. The van der Waals surface area contributed by atoms with Crippen molar-refractivity contribution in [3.63, 3.8) is 0 Å². The minimum Gasteiger partial charge on any atom is -0.483 e. The molecule has 0 saturated heterocycles.